The number of nitrogens with zero attached hydrogens (tertiary/aromatic N) is 3. The SMILES string of the molecule is CC(=O)C1CCC(CCCN/C(=N/C#N)Nc2cc(C)nc(C)c2)C1. The Kier molecular flexibility index (Phi) is 6.93. The number of nitrogens with one attached hydrogen (secondary N) is 2. The fourth-order valence-corrected chi connectivity index (χ4v) is 3.51. The van der Waals surface area contributed by atoms with E-state index in [0.29, 0.717) is 17.7 Å². The molecule has 6 heteroatoms. The molecule has 0 aromatic carbocycles. The largest absolute Gasteiger partial charge is 0.355 e. The summed E-state index contributed by atoms with van der Waals surface area (Å²) in [5.41, 5.74) is 2.70. The Hall–Kier alpha value is -2.42. The molecule has 0 bridgehead atoms. The first-order valence-corrected chi connectivity index (χ1v) is 8.91. The molecule has 0 amide bonds. The number of Topliss-reactive ketones (excluding diaryl/α,β-unsaturated/α-hetero) is 1. The summed E-state index contributed by atoms with van der Waals surface area (Å²) in [7, 11) is 0. The van der Waals surface area contributed by atoms with Gasteiger partial charge in [-0.25, -0.2) is 0 Å². The molecule has 1 fully saturated rings. The van der Waals surface area contributed by atoms with Gasteiger partial charge < -0.3 is 10.6 Å². The number of aliphatic imine (C=N–C) groups is 1. The molecule has 1 aromatic rings. The second-order valence-corrected chi connectivity index (χ2v) is 6.88. The third-order valence-corrected chi connectivity index (χ3v) is 4.70. The van der Waals surface area contributed by atoms with Crippen LogP contribution in [0.2, 0.25) is 0 Å². The van der Waals surface area contributed by atoms with E-state index in [4.69, 9.17) is 5.26 Å². The molecule has 2 unspecified atom stereocenters. The van der Waals surface area contributed by atoms with Crippen LogP contribution in [0.4, 0.5) is 5.69 Å². The standard InChI is InChI=1S/C19H27N5O/c1-13-9-18(10-14(2)23-13)24-19(22-12-20)21-8-4-5-16-6-7-17(11-16)15(3)25/h9-10,16-17H,4-8,11H2,1-3H3,(H2,21,22,23,24). The first-order valence-electron chi connectivity index (χ1n) is 8.91. The first-order chi connectivity index (χ1) is 12.0. The Bertz CT molecular complexity index is 657. The predicted octanol–water partition coefficient (Wildman–Crippen LogP) is 3.32. The lowest BCUT2D eigenvalue weighted by atomic mass is 9.98. The van der Waals surface area contributed by atoms with Crippen molar-refractivity contribution >= 4 is 17.4 Å². The maximum atomic E-state index is 11.4. The molecule has 1 aromatic heterocycles. The highest BCUT2D eigenvalue weighted by Crippen LogP contribution is 2.34. The molecule has 1 aliphatic carbocycles. The number of guanidine groups is 1. The van der Waals surface area contributed by atoms with Crippen LogP contribution < -0.4 is 10.6 Å². The third-order valence-electron chi connectivity index (χ3n) is 4.70. The van der Waals surface area contributed by atoms with Crippen LogP contribution in [-0.4, -0.2) is 23.3 Å². The summed E-state index contributed by atoms with van der Waals surface area (Å²) in [4.78, 5) is 19.6. The van der Waals surface area contributed by atoms with Crippen molar-refractivity contribution < 1.29 is 4.79 Å². The van der Waals surface area contributed by atoms with E-state index in [1.807, 2.05) is 32.2 Å². The number of aryl methyl sites for hydroxylation is 2. The summed E-state index contributed by atoms with van der Waals surface area (Å²) in [6.45, 7) is 6.32. The molecule has 0 aliphatic heterocycles. The zero-order valence-electron chi connectivity index (χ0n) is 15.3. The molecule has 6 nitrogen and oxygen atoms in total. The van der Waals surface area contributed by atoms with Crippen LogP contribution in [0.15, 0.2) is 17.1 Å². The van der Waals surface area contributed by atoms with Gasteiger partial charge in [-0.2, -0.15) is 5.26 Å². The summed E-state index contributed by atoms with van der Waals surface area (Å²) in [5.74, 6) is 1.70. The van der Waals surface area contributed by atoms with E-state index in [1.165, 1.54) is 0 Å². The van der Waals surface area contributed by atoms with Crippen LogP contribution in [0.1, 0.15) is 50.4 Å². The van der Waals surface area contributed by atoms with Crippen LogP contribution in [0.3, 0.4) is 0 Å². The second-order valence-electron chi connectivity index (χ2n) is 6.88. The Balaban J connectivity index is 1.78. The molecule has 134 valence electrons. The molecule has 0 radical (unpaired) electrons. The molecule has 2 N–H and O–H groups in total. The van der Waals surface area contributed by atoms with E-state index in [9.17, 15) is 4.79 Å². The number of carbonyl (C=O) groups excluding carboxylic acids is 1. The molecule has 1 saturated carbocycles. The molecular weight excluding hydrogens is 314 g/mol. The van der Waals surface area contributed by atoms with E-state index in [0.717, 1.165) is 55.7 Å². The molecule has 1 aliphatic rings. The summed E-state index contributed by atoms with van der Waals surface area (Å²) in [6, 6.07) is 3.84. The highest BCUT2D eigenvalue weighted by atomic mass is 16.1. The maximum Gasteiger partial charge on any atom is 0.211 e. The smallest absolute Gasteiger partial charge is 0.211 e. The number of ketones is 1. The van der Waals surface area contributed by atoms with Gasteiger partial charge in [0.15, 0.2) is 0 Å². The van der Waals surface area contributed by atoms with E-state index in [-0.39, 0.29) is 5.92 Å². The number of carbonyl (C=O) groups is 1. The lowest BCUT2D eigenvalue weighted by molar-refractivity contribution is -0.120. The van der Waals surface area contributed by atoms with Gasteiger partial charge in [0.05, 0.1) is 0 Å². The number of hydrogen-bond acceptors (Lipinski definition) is 4. The Morgan fingerprint density at radius 1 is 1.36 bits per heavy atom. The van der Waals surface area contributed by atoms with Gasteiger partial charge >= 0.3 is 0 Å². The number of aromatic nitrogens is 1. The van der Waals surface area contributed by atoms with E-state index in [2.05, 4.69) is 20.6 Å². The number of pyridine rings is 1. The zero-order valence-corrected chi connectivity index (χ0v) is 15.3. The molecule has 2 atom stereocenters. The first kappa shape index (κ1) is 18.9. The minimum absolute atomic E-state index is 0.272. The zero-order chi connectivity index (χ0) is 18.2. The summed E-state index contributed by atoms with van der Waals surface area (Å²) in [5, 5.41) is 15.2. The van der Waals surface area contributed by atoms with Crippen molar-refractivity contribution in [3.63, 3.8) is 0 Å². The highest BCUT2D eigenvalue weighted by molar-refractivity contribution is 5.94. The lowest BCUT2D eigenvalue weighted by Crippen LogP contribution is -2.31. The van der Waals surface area contributed by atoms with Crippen LogP contribution in [0.25, 0.3) is 0 Å². The summed E-state index contributed by atoms with van der Waals surface area (Å²) >= 11 is 0. The van der Waals surface area contributed by atoms with Crippen LogP contribution in [0.5, 0.6) is 0 Å². The number of anilines is 1. The van der Waals surface area contributed by atoms with Crippen molar-refractivity contribution in [3.8, 4) is 6.19 Å². The number of hydrogen-bond donors (Lipinski definition) is 2. The van der Waals surface area contributed by atoms with Gasteiger partial charge in [0.25, 0.3) is 0 Å². The molecule has 0 spiro atoms. The van der Waals surface area contributed by atoms with Crippen molar-refractivity contribution in [1.82, 2.24) is 10.3 Å². The van der Waals surface area contributed by atoms with Gasteiger partial charge in [-0.3, -0.25) is 9.78 Å². The Morgan fingerprint density at radius 2 is 2.08 bits per heavy atom. The molecular formula is C19H27N5O. The van der Waals surface area contributed by atoms with Gasteiger partial charge in [0.1, 0.15) is 5.78 Å². The normalized spacial score (nSPS) is 20.2. The fraction of sp³-hybridized carbons (Fsp3) is 0.579. The topological polar surface area (TPSA) is 90.2 Å². The number of nitriles is 1. The molecule has 1 heterocycles. The van der Waals surface area contributed by atoms with Crippen molar-refractivity contribution in [2.75, 3.05) is 11.9 Å². The molecule has 2 rings (SSSR count). The van der Waals surface area contributed by atoms with Crippen LogP contribution in [0, 0.1) is 37.1 Å². The highest BCUT2D eigenvalue weighted by Gasteiger charge is 2.26. The van der Waals surface area contributed by atoms with Gasteiger partial charge in [-0.1, -0.05) is 0 Å². The average molecular weight is 341 g/mol. The van der Waals surface area contributed by atoms with E-state index >= 15 is 0 Å². The average Bonchev–Trinajstić information content (AvgIpc) is 3.00. The Morgan fingerprint density at radius 3 is 2.68 bits per heavy atom. The van der Waals surface area contributed by atoms with Gasteiger partial charge in [-0.15, -0.1) is 4.99 Å². The predicted molar refractivity (Wildman–Crippen MR) is 99.1 cm³/mol. The van der Waals surface area contributed by atoms with E-state index in [1.54, 1.807) is 6.92 Å². The minimum Gasteiger partial charge on any atom is -0.355 e. The quantitative estimate of drug-likeness (QED) is 0.358. The summed E-state index contributed by atoms with van der Waals surface area (Å²) < 4.78 is 0. The van der Waals surface area contributed by atoms with Crippen LogP contribution >= 0.6 is 0 Å². The van der Waals surface area contributed by atoms with Crippen molar-refractivity contribution in [3.05, 3.63) is 23.5 Å². The maximum absolute atomic E-state index is 11.4. The molecule has 0 saturated heterocycles. The van der Waals surface area contributed by atoms with Crippen molar-refractivity contribution in [1.29, 1.82) is 5.26 Å². The minimum atomic E-state index is 0.272. The molecule has 25 heavy (non-hydrogen) atoms. The van der Waals surface area contributed by atoms with Crippen molar-refractivity contribution in [2.24, 2.45) is 16.8 Å². The monoisotopic (exact) mass is 341 g/mol. The summed E-state index contributed by atoms with van der Waals surface area (Å²) in [6.07, 6.45) is 7.14. The fourth-order valence-electron chi connectivity index (χ4n) is 3.51. The van der Waals surface area contributed by atoms with Gasteiger partial charge in [0.2, 0.25) is 12.2 Å². The Labute approximate surface area is 149 Å². The number of rotatable bonds is 6. The third kappa shape index (κ3) is 6.18. The lowest BCUT2D eigenvalue weighted by Gasteiger charge is -2.13. The van der Waals surface area contributed by atoms with E-state index < -0.39 is 0 Å². The second kappa shape index (κ2) is 9.16. The van der Waals surface area contributed by atoms with Crippen molar-refractivity contribution in [2.45, 2.75) is 52.9 Å². The van der Waals surface area contributed by atoms with Crippen LogP contribution in [-0.2, 0) is 4.79 Å². The van der Waals surface area contributed by atoms with Gasteiger partial charge in [-0.05, 0) is 70.9 Å². The van der Waals surface area contributed by atoms with Gasteiger partial charge in [0, 0.05) is 29.5 Å².